The molecule has 0 aliphatic carbocycles. The maximum Gasteiger partial charge on any atom is 0.274 e. The summed E-state index contributed by atoms with van der Waals surface area (Å²) in [5, 5.41) is 11.6. The number of piperidine rings is 1. The lowest BCUT2D eigenvalue weighted by Gasteiger charge is -2.32. The van der Waals surface area contributed by atoms with Gasteiger partial charge >= 0.3 is 0 Å². The van der Waals surface area contributed by atoms with Crippen LogP contribution in [0.3, 0.4) is 0 Å². The molecule has 1 amide bonds. The lowest BCUT2D eigenvalue weighted by Crippen LogP contribution is -2.47. The Morgan fingerprint density at radius 3 is 2.21 bits per heavy atom. The van der Waals surface area contributed by atoms with Gasteiger partial charge in [-0.3, -0.25) is 4.79 Å². The van der Waals surface area contributed by atoms with E-state index in [0.717, 1.165) is 45.0 Å². The second-order valence-corrected chi connectivity index (χ2v) is 7.62. The molecule has 0 bridgehead atoms. The first-order chi connectivity index (χ1) is 13.7. The third-order valence-corrected chi connectivity index (χ3v) is 5.54. The average molecular weight is 380 g/mol. The Kier molecular flexibility index (Phi) is 5.71. The van der Waals surface area contributed by atoms with Crippen molar-refractivity contribution in [3.63, 3.8) is 0 Å². The topological polar surface area (TPSA) is 64.6 Å². The zero-order valence-electron chi connectivity index (χ0n) is 16.5. The number of rotatable bonds is 4. The lowest BCUT2D eigenvalue weighted by molar-refractivity contribution is 0.0657. The molecule has 7 heteroatoms. The van der Waals surface area contributed by atoms with Crippen LogP contribution in [0.2, 0.25) is 0 Å². The van der Waals surface area contributed by atoms with Gasteiger partial charge in [0.2, 0.25) is 0 Å². The molecular formula is C21H28N6O. The third kappa shape index (κ3) is 4.42. The number of carbonyl (C=O) groups is 1. The Morgan fingerprint density at radius 1 is 0.857 bits per heavy atom. The van der Waals surface area contributed by atoms with E-state index in [1.165, 1.54) is 24.9 Å². The molecule has 2 aliphatic rings. The third-order valence-electron chi connectivity index (χ3n) is 5.54. The zero-order chi connectivity index (χ0) is 19.3. The summed E-state index contributed by atoms with van der Waals surface area (Å²) in [4.78, 5) is 19.0. The monoisotopic (exact) mass is 380 g/mol. The summed E-state index contributed by atoms with van der Waals surface area (Å²) in [6.07, 6.45) is 3.88. The quantitative estimate of drug-likeness (QED) is 0.880. The summed E-state index contributed by atoms with van der Waals surface area (Å²) in [6, 6.07) is 12.0. The fourth-order valence-corrected chi connectivity index (χ4v) is 3.74. The highest BCUT2D eigenvalue weighted by Gasteiger charge is 2.21. The van der Waals surface area contributed by atoms with Crippen LogP contribution < -0.4 is 10.2 Å². The summed E-state index contributed by atoms with van der Waals surface area (Å²) in [6.45, 7) is 5.54. The van der Waals surface area contributed by atoms with Gasteiger partial charge in [0, 0.05) is 50.6 Å². The minimum absolute atomic E-state index is 0.0435. The summed E-state index contributed by atoms with van der Waals surface area (Å²) in [5.74, 6) is 0.596. The Hall–Kier alpha value is -2.67. The van der Waals surface area contributed by atoms with Crippen molar-refractivity contribution in [2.24, 2.45) is 0 Å². The number of hydrogen-bond acceptors (Lipinski definition) is 6. The molecule has 1 N–H and O–H groups in total. The van der Waals surface area contributed by atoms with E-state index >= 15 is 0 Å². The van der Waals surface area contributed by atoms with Crippen LogP contribution in [0, 0.1) is 0 Å². The molecule has 0 unspecified atom stereocenters. The van der Waals surface area contributed by atoms with Crippen LogP contribution in [0.1, 0.15) is 29.8 Å². The van der Waals surface area contributed by atoms with E-state index in [2.05, 4.69) is 56.6 Å². The number of nitrogens with zero attached hydrogens (tertiary/aromatic N) is 5. The highest BCUT2D eigenvalue weighted by atomic mass is 16.2. The molecule has 148 valence electrons. The van der Waals surface area contributed by atoms with Crippen molar-refractivity contribution in [3.8, 4) is 0 Å². The van der Waals surface area contributed by atoms with Crippen LogP contribution in [0.5, 0.6) is 0 Å². The molecular weight excluding hydrogens is 352 g/mol. The van der Waals surface area contributed by atoms with Gasteiger partial charge in [0.1, 0.15) is 0 Å². The molecule has 0 atom stereocenters. The number of anilines is 3. The van der Waals surface area contributed by atoms with Crippen molar-refractivity contribution < 1.29 is 4.79 Å². The number of hydrogen-bond donors (Lipinski definition) is 1. The summed E-state index contributed by atoms with van der Waals surface area (Å²) >= 11 is 0. The summed E-state index contributed by atoms with van der Waals surface area (Å²) in [5.41, 5.74) is 2.63. The molecule has 0 saturated carbocycles. The first-order valence-corrected chi connectivity index (χ1v) is 10.1. The van der Waals surface area contributed by atoms with Crippen molar-refractivity contribution in [1.29, 1.82) is 0 Å². The van der Waals surface area contributed by atoms with E-state index in [4.69, 9.17) is 0 Å². The second kappa shape index (κ2) is 8.56. The molecule has 2 aromatic rings. The predicted molar refractivity (Wildman–Crippen MR) is 111 cm³/mol. The molecule has 1 aromatic heterocycles. The van der Waals surface area contributed by atoms with Crippen molar-refractivity contribution >= 4 is 23.1 Å². The van der Waals surface area contributed by atoms with Crippen molar-refractivity contribution in [2.75, 3.05) is 56.5 Å². The number of amides is 1. The largest absolute Gasteiger partial charge is 0.372 e. The molecule has 4 rings (SSSR count). The van der Waals surface area contributed by atoms with E-state index in [9.17, 15) is 4.79 Å². The van der Waals surface area contributed by atoms with Crippen LogP contribution in [0.15, 0.2) is 36.4 Å². The van der Waals surface area contributed by atoms with Crippen LogP contribution in [-0.4, -0.2) is 72.2 Å². The molecule has 0 radical (unpaired) electrons. The number of benzene rings is 1. The molecule has 2 aliphatic heterocycles. The fourth-order valence-electron chi connectivity index (χ4n) is 3.74. The molecule has 2 saturated heterocycles. The first kappa shape index (κ1) is 18.7. The highest BCUT2D eigenvalue weighted by molar-refractivity contribution is 5.92. The van der Waals surface area contributed by atoms with E-state index in [0.29, 0.717) is 11.5 Å². The summed E-state index contributed by atoms with van der Waals surface area (Å²) in [7, 11) is 2.07. The van der Waals surface area contributed by atoms with Gasteiger partial charge in [0.15, 0.2) is 11.5 Å². The van der Waals surface area contributed by atoms with E-state index < -0.39 is 0 Å². The van der Waals surface area contributed by atoms with Crippen molar-refractivity contribution in [1.82, 2.24) is 20.0 Å². The Labute approximate surface area is 166 Å². The van der Waals surface area contributed by atoms with E-state index in [1.807, 2.05) is 11.0 Å². The normalized spacial score (nSPS) is 18.2. The van der Waals surface area contributed by atoms with Crippen molar-refractivity contribution in [3.05, 3.63) is 42.1 Å². The van der Waals surface area contributed by atoms with E-state index in [-0.39, 0.29) is 5.91 Å². The van der Waals surface area contributed by atoms with Crippen LogP contribution in [0.4, 0.5) is 17.2 Å². The SMILES string of the molecule is CN1CCN(C(=O)c2ccc(Nc3ccc(N4CCCCC4)cc3)nn2)CC1. The minimum atomic E-state index is -0.0435. The zero-order valence-corrected chi connectivity index (χ0v) is 16.5. The Bertz CT molecular complexity index is 778. The predicted octanol–water partition coefficient (Wildman–Crippen LogP) is 2.60. The van der Waals surface area contributed by atoms with Gasteiger partial charge in [0.25, 0.3) is 5.91 Å². The summed E-state index contributed by atoms with van der Waals surface area (Å²) < 4.78 is 0. The van der Waals surface area contributed by atoms with Gasteiger partial charge in [-0.05, 0) is 62.7 Å². The van der Waals surface area contributed by atoms with Gasteiger partial charge < -0.3 is 20.0 Å². The molecule has 28 heavy (non-hydrogen) atoms. The maximum absolute atomic E-state index is 12.5. The molecule has 2 fully saturated rings. The minimum Gasteiger partial charge on any atom is -0.372 e. The highest BCUT2D eigenvalue weighted by Crippen LogP contribution is 2.23. The average Bonchev–Trinajstić information content (AvgIpc) is 2.75. The second-order valence-electron chi connectivity index (χ2n) is 7.62. The Balaban J connectivity index is 1.35. The molecule has 1 aromatic carbocycles. The molecule has 3 heterocycles. The van der Waals surface area contributed by atoms with Crippen molar-refractivity contribution in [2.45, 2.75) is 19.3 Å². The maximum atomic E-state index is 12.5. The van der Waals surface area contributed by atoms with Crippen LogP contribution in [0.25, 0.3) is 0 Å². The first-order valence-electron chi connectivity index (χ1n) is 10.1. The van der Waals surface area contributed by atoms with Crippen LogP contribution in [-0.2, 0) is 0 Å². The molecule has 7 nitrogen and oxygen atoms in total. The lowest BCUT2D eigenvalue weighted by atomic mass is 10.1. The number of likely N-dealkylation sites (N-methyl/N-ethyl adjacent to an activating group) is 1. The number of piperazine rings is 1. The van der Waals surface area contributed by atoms with E-state index in [1.54, 1.807) is 6.07 Å². The number of nitrogens with one attached hydrogen (secondary N) is 1. The van der Waals surface area contributed by atoms with Crippen LogP contribution >= 0.6 is 0 Å². The smallest absolute Gasteiger partial charge is 0.274 e. The van der Waals surface area contributed by atoms with Gasteiger partial charge in [-0.2, -0.15) is 0 Å². The fraction of sp³-hybridized carbons (Fsp3) is 0.476. The molecule has 0 spiro atoms. The van der Waals surface area contributed by atoms with Gasteiger partial charge in [-0.15, -0.1) is 10.2 Å². The Morgan fingerprint density at radius 2 is 1.57 bits per heavy atom. The van der Waals surface area contributed by atoms with Gasteiger partial charge in [-0.1, -0.05) is 0 Å². The van der Waals surface area contributed by atoms with Gasteiger partial charge in [-0.25, -0.2) is 0 Å². The number of aromatic nitrogens is 2. The number of carbonyl (C=O) groups excluding carboxylic acids is 1. The standard InChI is InChI=1S/C21H28N6O/c1-25-13-15-27(16-14-25)21(28)19-9-10-20(24-23-19)22-17-5-7-18(8-6-17)26-11-3-2-4-12-26/h5-10H,2-4,11-16H2,1H3,(H,22,24). The van der Waals surface area contributed by atoms with Gasteiger partial charge in [0.05, 0.1) is 0 Å².